The van der Waals surface area contributed by atoms with Crippen molar-refractivity contribution < 1.29 is 4.52 Å². The van der Waals surface area contributed by atoms with Gasteiger partial charge in [0.05, 0.1) is 5.69 Å². The zero-order valence-electron chi connectivity index (χ0n) is 10.1. The lowest BCUT2D eigenvalue weighted by atomic mass is 9.90. The maximum Gasteiger partial charge on any atom is 0.147 e. The van der Waals surface area contributed by atoms with Crippen LogP contribution in [0.2, 0.25) is 0 Å². The van der Waals surface area contributed by atoms with Gasteiger partial charge in [0, 0.05) is 5.92 Å². The van der Waals surface area contributed by atoms with Crippen LogP contribution >= 0.6 is 0 Å². The molecule has 2 unspecified atom stereocenters. The zero-order chi connectivity index (χ0) is 12.0. The van der Waals surface area contributed by atoms with Gasteiger partial charge >= 0.3 is 0 Å². The topological polar surface area (TPSA) is 52.0 Å². The fraction of sp³-hybridized carbons (Fsp3) is 0.357. The number of hydrogen-bond donors (Lipinski definition) is 1. The molecule has 0 aliphatic heterocycles. The molecule has 1 aromatic heterocycles. The Kier molecular flexibility index (Phi) is 2.21. The predicted molar refractivity (Wildman–Crippen MR) is 66.8 cm³/mol. The fourth-order valence-corrected chi connectivity index (χ4v) is 2.87. The Morgan fingerprint density at radius 3 is 2.94 bits per heavy atom. The van der Waals surface area contributed by atoms with Gasteiger partial charge in [0.15, 0.2) is 0 Å². The number of nitrogens with two attached hydrogens (primary N) is 1. The van der Waals surface area contributed by atoms with E-state index < -0.39 is 0 Å². The van der Waals surface area contributed by atoms with Crippen molar-refractivity contribution in [2.45, 2.75) is 26.2 Å². The molecule has 0 radical (unpaired) electrons. The summed E-state index contributed by atoms with van der Waals surface area (Å²) in [6.07, 6.45) is 2.61. The second-order valence-electron chi connectivity index (χ2n) is 5.02. The first-order chi connectivity index (χ1) is 8.16. The minimum absolute atomic E-state index is 0.281. The van der Waals surface area contributed by atoms with E-state index in [4.69, 9.17) is 10.3 Å². The van der Waals surface area contributed by atoms with Gasteiger partial charge in [-0.1, -0.05) is 35.8 Å². The van der Waals surface area contributed by atoms with Crippen LogP contribution in [0.3, 0.4) is 0 Å². The number of rotatable bonds is 1. The van der Waals surface area contributed by atoms with Crippen molar-refractivity contribution in [2.24, 2.45) is 5.92 Å². The number of benzene rings is 1. The highest BCUT2D eigenvalue weighted by atomic mass is 16.5. The Balaban J connectivity index is 2.14. The van der Waals surface area contributed by atoms with Gasteiger partial charge in [0.1, 0.15) is 12.0 Å². The number of fused-ring (bicyclic) bond motifs is 1. The molecule has 0 saturated carbocycles. The van der Waals surface area contributed by atoms with Crippen molar-refractivity contribution in [3.63, 3.8) is 0 Å². The summed E-state index contributed by atoms with van der Waals surface area (Å²) in [6.45, 7) is 4.36. The highest BCUT2D eigenvalue weighted by molar-refractivity contribution is 5.50. The first-order valence-electron chi connectivity index (χ1n) is 5.96. The standard InChI is InChI=1S/C14H16N2O/c1-8-3-4-10-6-9(2)13(11(10)5-8)14-12(15)7-17-16-14/h3-5,7,9,13H,6,15H2,1-2H3. The van der Waals surface area contributed by atoms with Gasteiger partial charge in [0.2, 0.25) is 0 Å². The zero-order valence-corrected chi connectivity index (χ0v) is 10.1. The second kappa shape index (κ2) is 3.62. The van der Waals surface area contributed by atoms with E-state index in [1.165, 1.54) is 23.0 Å². The van der Waals surface area contributed by atoms with E-state index in [2.05, 4.69) is 37.2 Å². The van der Waals surface area contributed by atoms with E-state index in [0.717, 1.165) is 12.1 Å². The van der Waals surface area contributed by atoms with Crippen molar-refractivity contribution in [3.05, 3.63) is 46.8 Å². The third-order valence-electron chi connectivity index (χ3n) is 3.67. The molecular weight excluding hydrogens is 212 g/mol. The number of anilines is 1. The molecule has 1 heterocycles. The van der Waals surface area contributed by atoms with Crippen LogP contribution in [0.1, 0.15) is 35.2 Å². The van der Waals surface area contributed by atoms with Crippen LogP contribution in [-0.4, -0.2) is 5.16 Å². The largest absolute Gasteiger partial charge is 0.395 e. The molecule has 17 heavy (non-hydrogen) atoms. The number of aromatic nitrogens is 1. The van der Waals surface area contributed by atoms with E-state index in [1.807, 2.05) is 0 Å². The Morgan fingerprint density at radius 2 is 2.24 bits per heavy atom. The second-order valence-corrected chi connectivity index (χ2v) is 5.02. The molecule has 0 spiro atoms. The smallest absolute Gasteiger partial charge is 0.147 e. The summed E-state index contributed by atoms with van der Waals surface area (Å²) in [5.41, 5.74) is 11.5. The van der Waals surface area contributed by atoms with E-state index in [-0.39, 0.29) is 5.92 Å². The summed E-state index contributed by atoms with van der Waals surface area (Å²) < 4.78 is 4.98. The minimum atomic E-state index is 0.281. The molecule has 3 nitrogen and oxygen atoms in total. The number of nitrogens with zero attached hydrogens (tertiary/aromatic N) is 1. The van der Waals surface area contributed by atoms with E-state index >= 15 is 0 Å². The fourth-order valence-electron chi connectivity index (χ4n) is 2.87. The highest BCUT2D eigenvalue weighted by Gasteiger charge is 2.33. The number of nitrogen functional groups attached to an aromatic ring is 1. The number of hydrogen-bond acceptors (Lipinski definition) is 3. The molecule has 0 amide bonds. The minimum Gasteiger partial charge on any atom is -0.395 e. The lowest BCUT2D eigenvalue weighted by Gasteiger charge is -2.14. The maximum absolute atomic E-state index is 5.92. The molecule has 2 aromatic rings. The lowest BCUT2D eigenvalue weighted by molar-refractivity contribution is 0.400. The van der Waals surface area contributed by atoms with Crippen molar-refractivity contribution in [2.75, 3.05) is 5.73 Å². The van der Waals surface area contributed by atoms with Gasteiger partial charge in [-0.2, -0.15) is 0 Å². The molecular formula is C14H16N2O. The Hall–Kier alpha value is -1.77. The summed E-state index contributed by atoms with van der Waals surface area (Å²) in [5, 5.41) is 4.08. The van der Waals surface area contributed by atoms with Crippen molar-refractivity contribution in [1.82, 2.24) is 5.16 Å². The third kappa shape index (κ3) is 1.54. The molecule has 1 aliphatic rings. The Morgan fingerprint density at radius 1 is 1.41 bits per heavy atom. The van der Waals surface area contributed by atoms with Gasteiger partial charge in [-0.3, -0.25) is 0 Å². The van der Waals surface area contributed by atoms with E-state index in [1.54, 1.807) is 0 Å². The molecule has 1 aliphatic carbocycles. The summed E-state index contributed by atoms with van der Waals surface area (Å²) in [5.74, 6) is 0.808. The third-order valence-corrected chi connectivity index (χ3v) is 3.67. The first-order valence-corrected chi connectivity index (χ1v) is 5.96. The average Bonchev–Trinajstić information content (AvgIpc) is 2.81. The maximum atomic E-state index is 5.92. The molecule has 3 heteroatoms. The SMILES string of the molecule is Cc1ccc2c(c1)C(c1nocc1N)C(C)C2. The van der Waals surface area contributed by atoms with Gasteiger partial charge in [-0.25, -0.2) is 0 Å². The Bertz CT molecular complexity index is 559. The van der Waals surface area contributed by atoms with Crippen LogP contribution in [0.15, 0.2) is 29.0 Å². The molecule has 88 valence electrons. The quantitative estimate of drug-likeness (QED) is 0.816. The molecule has 0 fully saturated rings. The molecule has 2 N–H and O–H groups in total. The van der Waals surface area contributed by atoms with Crippen LogP contribution in [0.25, 0.3) is 0 Å². The van der Waals surface area contributed by atoms with Crippen molar-refractivity contribution in [1.29, 1.82) is 0 Å². The van der Waals surface area contributed by atoms with Crippen LogP contribution in [0, 0.1) is 12.8 Å². The molecule has 2 atom stereocenters. The summed E-state index contributed by atoms with van der Waals surface area (Å²) in [4.78, 5) is 0. The highest BCUT2D eigenvalue weighted by Crippen LogP contribution is 2.43. The average molecular weight is 228 g/mol. The van der Waals surface area contributed by atoms with Crippen LogP contribution in [0.5, 0.6) is 0 Å². The molecule has 1 aromatic carbocycles. The van der Waals surface area contributed by atoms with Crippen molar-refractivity contribution >= 4 is 5.69 Å². The summed E-state index contributed by atoms with van der Waals surface area (Å²) in [6, 6.07) is 6.63. The van der Waals surface area contributed by atoms with Gasteiger partial charge in [-0.05, 0) is 30.4 Å². The summed E-state index contributed by atoms with van der Waals surface area (Å²) >= 11 is 0. The normalized spacial score (nSPS) is 22.7. The van der Waals surface area contributed by atoms with Gasteiger partial charge in [0.25, 0.3) is 0 Å². The Labute approximate surface area is 101 Å². The molecule has 3 rings (SSSR count). The van der Waals surface area contributed by atoms with Gasteiger partial charge in [-0.15, -0.1) is 0 Å². The van der Waals surface area contributed by atoms with Crippen molar-refractivity contribution in [3.8, 4) is 0 Å². The first kappa shape index (κ1) is 10.4. The van der Waals surface area contributed by atoms with Gasteiger partial charge < -0.3 is 10.3 Å². The van der Waals surface area contributed by atoms with E-state index in [0.29, 0.717) is 11.6 Å². The van der Waals surface area contributed by atoms with E-state index in [9.17, 15) is 0 Å². The lowest BCUT2D eigenvalue weighted by Crippen LogP contribution is -2.08. The summed E-state index contributed by atoms with van der Waals surface area (Å²) in [7, 11) is 0. The van der Waals surface area contributed by atoms with Crippen LogP contribution in [0.4, 0.5) is 5.69 Å². The van der Waals surface area contributed by atoms with Crippen LogP contribution in [-0.2, 0) is 6.42 Å². The van der Waals surface area contributed by atoms with Crippen LogP contribution < -0.4 is 5.73 Å². The monoisotopic (exact) mass is 228 g/mol. The predicted octanol–water partition coefficient (Wildman–Crippen LogP) is 2.89. The number of aryl methyl sites for hydroxylation is 1. The molecule has 0 bridgehead atoms. The molecule has 0 saturated heterocycles.